The highest BCUT2D eigenvalue weighted by Crippen LogP contribution is 2.17. The maximum absolute atomic E-state index is 12.0. The maximum atomic E-state index is 12.0. The van der Waals surface area contributed by atoms with Crippen LogP contribution in [0.4, 0.5) is 0 Å². The Balaban J connectivity index is 1.89. The zero-order chi connectivity index (χ0) is 13.8. The monoisotopic (exact) mass is 284 g/mol. The Bertz CT molecular complexity index is 447. The average molecular weight is 284 g/mol. The van der Waals surface area contributed by atoms with Crippen molar-refractivity contribution in [2.24, 2.45) is 0 Å². The lowest BCUT2D eigenvalue weighted by Gasteiger charge is -2.18. The van der Waals surface area contributed by atoms with Gasteiger partial charge in [0.2, 0.25) is 5.91 Å². The molecule has 1 aromatic heterocycles. The van der Waals surface area contributed by atoms with Gasteiger partial charge in [-0.3, -0.25) is 4.79 Å². The molecule has 5 nitrogen and oxygen atoms in total. The predicted octanol–water partition coefficient (Wildman–Crippen LogP) is 1.22. The van der Waals surface area contributed by atoms with Crippen molar-refractivity contribution >= 4 is 17.2 Å². The van der Waals surface area contributed by atoms with E-state index in [9.17, 15) is 4.79 Å². The smallest absolute Gasteiger partial charge is 0.226 e. The van der Waals surface area contributed by atoms with Crippen LogP contribution in [-0.2, 0) is 20.7 Å². The van der Waals surface area contributed by atoms with E-state index < -0.39 is 0 Å². The molecule has 106 valence electrons. The van der Waals surface area contributed by atoms with Crippen molar-refractivity contribution in [2.75, 3.05) is 19.8 Å². The fraction of sp³-hybridized carbons (Fsp3) is 0.692. The average Bonchev–Trinajstić information content (AvgIpc) is 2.88. The number of hydrogen-bond donors (Lipinski definition) is 1. The van der Waals surface area contributed by atoms with Crippen LogP contribution in [0, 0.1) is 13.8 Å². The lowest BCUT2D eigenvalue weighted by molar-refractivity contribution is -0.122. The lowest BCUT2D eigenvalue weighted by atomic mass is 10.2. The number of ether oxygens (including phenoxy) is 2. The van der Waals surface area contributed by atoms with Crippen molar-refractivity contribution in [3.05, 3.63) is 15.6 Å². The fourth-order valence-corrected chi connectivity index (χ4v) is 3.03. The third-order valence-electron chi connectivity index (χ3n) is 3.08. The van der Waals surface area contributed by atoms with Gasteiger partial charge in [0.15, 0.2) is 0 Å². The van der Waals surface area contributed by atoms with Gasteiger partial charge in [0.05, 0.1) is 36.4 Å². The molecule has 1 saturated heterocycles. The lowest BCUT2D eigenvalue weighted by Crippen LogP contribution is -2.44. The first kappa shape index (κ1) is 14.4. The molecule has 2 rings (SSSR count). The summed E-state index contributed by atoms with van der Waals surface area (Å²) in [6, 6.07) is -0.0486. The second-order valence-corrected chi connectivity index (χ2v) is 6.03. The van der Waals surface area contributed by atoms with Crippen molar-refractivity contribution in [3.63, 3.8) is 0 Å². The molecule has 0 aromatic carbocycles. The van der Waals surface area contributed by atoms with Crippen molar-refractivity contribution in [3.8, 4) is 0 Å². The van der Waals surface area contributed by atoms with Crippen LogP contribution in [0.5, 0.6) is 0 Å². The molecule has 1 fully saturated rings. The van der Waals surface area contributed by atoms with Crippen LogP contribution in [0.25, 0.3) is 0 Å². The molecule has 2 heterocycles. The first-order valence-corrected chi connectivity index (χ1v) is 7.33. The molecule has 0 aliphatic carbocycles. The van der Waals surface area contributed by atoms with E-state index in [0.717, 1.165) is 15.6 Å². The number of amides is 1. The van der Waals surface area contributed by atoms with Gasteiger partial charge < -0.3 is 14.8 Å². The highest BCUT2D eigenvalue weighted by molar-refractivity contribution is 7.11. The Morgan fingerprint density at radius 3 is 2.95 bits per heavy atom. The molecular formula is C13H20N2O3S. The molecule has 1 amide bonds. The molecule has 6 heteroatoms. The number of thiazole rings is 1. The largest absolute Gasteiger partial charge is 0.376 e. The summed E-state index contributed by atoms with van der Waals surface area (Å²) in [5.41, 5.74) is 0.867. The van der Waals surface area contributed by atoms with Crippen molar-refractivity contribution < 1.29 is 14.3 Å². The SMILES string of the molecule is CCO[C@H]1COC[C@@H]1NC(=O)Cc1nc(C)sc1C. The minimum Gasteiger partial charge on any atom is -0.376 e. The van der Waals surface area contributed by atoms with Gasteiger partial charge in [-0.15, -0.1) is 11.3 Å². The maximum Gasteiger partial charge on any atom is 0.226 e. The zero-order valence-electron chi connectivity index (χ0n) is 11.6. The predicted molar refractivity (Wildman–Crippen MR) is 73.5 cm³/mol. The van der Waals surface area contributed by atoms with E-state index in [1.165, 1.54) is 0 Å². The third-order valence-corrected chi connectivity index (χ3v) is 4.01. The minimum absolute atomic E-state index is 0.0198. The van der Waals surface area contributed by atoms with Gasteiger partial charge in [-0.1, -0.05) is 0 Å². The van der Waals surface area contributed by atoms with E-state index in [1.807, 2.05) is 20.8 Å². The van der Waals surface area contributed by atoms with Gasteiger partial charge >= 0.3 is 0 Å². The summed E-state index contributed by atoms with van der Waals surface area (Å²) >= 11 is 1.62. The van der Waals surface area contributed by atoms with Crippen LogP contribution in [-0.4, -0.2) is 42.9 Å². The Kier molecular flexibility index (Phi) is 4.90. The van der Waals surface area contributed by atoms with Crippen LogP contribution < -0.4 is 5.32 Å². The van der Waals surface area contributed by atoms with E-state index in [2.05, 4.69) is 10.3 Å². The van der Waals surface area contributed by atoms with Crippen LogP contribution >= 0.6 is 11.3 Å². The quantitative estimate of drug-likeness (QED) is 0.883. The van der Waals surface area contributed by atoms with E-state index in [4.69, 9.17) is 9.47 Å². The number of hydrogen-bond acceptors (Lipinski definition) is 5. The molecule has 1 aromatic rings. The first-order chi connectivity index (χ1) is 9.10. The standard InChI is InChI=1S/C13H20N2O3S/c1-4-18-12-7-17-6-11(12)15-13(16)5-10-8(2)19-9(3)14-10/h11-12H,4-7H2,1-3H3,(H,15,16)/t11-,12-/m0/s1. The number of carbonyl (C=O) groups excluding carboxylic acids is 1. The molecular weight excluding hydrogens is 264 g/mol. The first-order valence-electron chi connectivity index (χ1n) is 6.51. The topological polar surface area (TPSA) is 60.5 Å². The Hall–Kier alpha value is -0.980. The summed E-state index contributed by atoms with van der Waals surface area (Å²) < 4.78 is 10.9. The van der Waals surface area contributed by atoms with Gasteiger partial charge in [-0.05, 0) is 20.8 Å². The van der Waals surface area contributed by atoms with E-state index >= 15 is 0 Å². The van der Waals surface area contributed by atoms with Gasteiger partial charge in [0.25, 0.3) is 0 Å². The summed E-state index contributed by atoms with van der Waals surface area (Å²) in [6.45, 7) is 7.59. The Morgan fingerprint density at radius 1 is 1.53 bits per heavy atom. The van der Waals surface area contributed by atoms with Crippen LogP contribution in [0.3, 0.4) is 0 Å². The molecule has 0 spiro atoms. The number of aryl methyl sites for hydroxylation is 2. The zero-order valence-corrected chi connectivity index (χ0v) is 12.4. The van der Waals surface area contributed by atoms with E-state index in [1.54, 1.807) is 11.3 Å². The van der Waals surface area contributed by atoms with Crippen LogP contribution in [0.2, 0.25) is 0 Å². The van der Waals surface area contributed by atoms with Gasteiger partial charge in [0.1, 0.15) is 6.10 Å². The third kappa shape index (κ3) is 3.75. The molecule has 0 radical (unpaired) electrons. The second-order valence-electron chi connectivity index (χ2n) is 4.62. The Morgan fingerprint density at radius 2 is 2.32 bits per heavy atom. The number of nitrogens with zero attached hydrogens (tertiary/aromatic N) is 1. The summed E-state index contributed by atoms with van der Waals surface area (Å²) in [5, 5.41) is 3.97. The summed E-state index contributed by atoms with van der Waals surface area (Å²) in [7, 11) is 0. The van der Waals surface area contributed by atoms with Gasteiger partial charge in [-0.25, -0.2) is 4.98 Å². The fourth-order valence-electron chi connectivity index (χ4n) is 2.19. The van der Waals surface area contributed by atoms with Crippen LogP contribution in [0.1, 0.15) is 22.5 Å². The molecule has 1 N–H and O–H groups in total. The molecule has 2 atom stereocenters. The molecule has 19 heavy (non-hydrogen) atoms. The molecule has 1 aliphatic rings. The number of nitrogens with one attached hydrogen (secondary N) is 1. The highest BCUT2D eigenvalue weighted by atomic mass is 32.1. The number of aromatic nitrogens is 1. The molecule has 1 aliphatic heterocycles. The number of rotatable bonds is 5. The highest BCUT2D eigenvalue weighted by Gasteiger charge is 2.30. The van der Waals surface area contributed by atoms with E-state index in [-0.39, 0.29) is 18.1 Å². The summed E-state index contributed by atoms with van der Waals surface area (Å²) in [5.74, 6) is -0.0198. The Labute approximate surface area is 117 Å². The van der Waals surface area contributed by atoms with Crippen molar-refractivity contribution in [2.45, 2.75) is 39.3 Å². The second kappa shape index (κ2) is 6.45. The van der Waals surface area contributed by atoms with Crippen molar-refractivity contribution in [1.82, 2.24) is 10.3 Å². The summed E-state index contributed by atoms with van der Waals surface area (Å²) in [4.78, 5) is 17.5. The molecule has 0 bridgehead atoms. The summed E-state index contributed by atoms with van der Waals surface area (Å²) in [6.07, 6.45) is 0.290. The molecule has 0 saturated carbocycles. The van der Waals surface area contributed by atoms with Crippen molar-refractivity contribution in [1.29, 1.82) is 0 Å². The molecule has 0 unspecified atom stereocenters. The van der Waals surface area contributed by atoms with Gasteiger partial charge in [0, 0.05) is 11.5 Å². The van der Waals surface area contributed by atoms with Crippen LogP contribution in [0.15, 0.2) is 0 Å². The normalized spacial score (nSPS) is 22.7. The van der Waals surface area contributed by atoms with E-state index in [0.29, 0.717) is 26.2 Å². The number of carbonyl (C=O) groups is 1. The van der Waals surface area contributed by atoms with Gasteiger partial charge in [-0.2, -0.15) is 0 Å². The minimum atomic E-state index is -0.0486.